The van der Waals surface area contributed by atoms with Crippen molar-refractivity contribution in [2.24, 2.45) is 0 Å². The number of carbonyl (C=O) groups excluding carboxylic acids is 1. The fourth-order valence-corrected chi connectivity index (χ4v) is 7.40. The minimum absolute atomic E-state index is 0.221. The first-order valence-electron chi connectivity index (χ1n) is 22.6. The number of phosphoric acid groups is 1. The Bertz CT molecular complexity index is 819. The van der Waals surface area contributed by atoms with Gasteiger partial charge in [0.05, 0.1) is 18.8 Å². The van der Waals surface area contributed by atoms with E-state index < -0.39 is 26.6 Å². The molecule has 0 aliphatic rings. The molecule has 8 heteroatoms. The summed E-state index contributed by atoms with van der Waals surface area (Å²) >= 11 is 0. The maximum Gasteiger partial charge on any atom is 0.469 e. The number of hydrogen-bond acceptors (Lipinski definition) is 4. The molecule has 1 amide bonds. The van der Waals surface area contributed by atoms with Crippen molar-refractivity contribution >= 4 is 13.7 Å². The minimum Gasteiger partial charge on any atom is -0.387 e. The second-order valence-corrected chi connectivity index (χ2v) is 17.0. The van der Waals surface area contributed by atoms with Crippen LogP contribution >= 0.6 is 7.82 Å². The lowest BCUT2D eigenvalue weighted by Crippen LogP contribution is -2.45. The largest absolute Gasteiger partial charge is 0.469 e. The topological polar surface area (TPSA) is 116 Å². The maximum atomic E-state index is 12.6. The van der Waals surface area contributed by atoms with Gasteiger partial charge in [0.15, 0.2) is 0 Å². The van der Waals surface area contributed by atoms with Crippen molar-refractivity contribution in [1.29, 1.82) is 0 Å². The van der Waals surface area contributed by atoms with Crippen LogP contribution in [0.15, 0.2) is 12.2 Å². The standard InChI is InChI=1S/C44H88NO6P/c1-3-5-7-9-11-13-15-17-19-20-21-22-23-24-25-26-28-30-32-34-36-38-40-44(47)45-42(41-51-52(48,49)50)43(46)39-37-35-33-31-29-27-18-16-14-12-10-8-6-4-2/h37,39,42-43,46H,3-36,38,40-41H2,1-2H3,(H,45,47)(H2,48,49,50)/b39-37+/t42-,43+/m0/s1. The van der Waals surface area contributed by atoms with Gasteiger partial charge in [-0.3, -0.25) is 9.32 Å². The van der Waals surface area contributed by atoms with E-state index in [1.807, 2.05) is 6.08 Å². The van der Waals surface area contributed by atoms with E-state index in [0.717, 1.165) is 38.5 Å². The van der Waals surface area contributed by atoms with Crippen LogP contribution < -0.4 is 5.32 Å². The van der Waals surface area contributed by atoms with Gasteiger partial charge >= 0.3 is 7.82 Å². The van der Waals surface area contributed by atoms with Crippen molar-refractivity contribution < 1.29 is 28.8 Å². The number of aliphatic hydroxyl groups excluding tert-OH is 1. The van der Waals surface area contributed by atoms with Crippen LogP contribution in [0.4, 0.5) is 0 Å². The van der Waals surface area contributed by atoms with E-state index in [4.69, 9.17) is 9.79 Å². The Kier molecular flexibility index (Phi) is 39.4. The van der Waals surface area contributed by atoms with Gasteiger partial charge < -0.3 is 20.2 Å². The summed E-state index contributed by atoms with van der Waals surface area (Å²) in [5.41, 5.74) is 0. The predicted molar refractivity (Wildman–Crippen MR) is 223 cm³/mol. The Morgan fingerprint density at radius 1 is 0.538 bits per heavy atom. The molecule has 310 valence electrons. The quantitative estimate of drug-likeness (QED) is 0.0280. The molecular weight excluding hydrogens is 669 g/mol. The van der Waals surface area contributed by atoms with Crippen molar-refractivity contribution in [3.05, 3.63) is 12.2 Å². The van der Waals surface area contributed by atoms with Crippen molar-refractivity contribution in [3.8, 4) is 0 Å². The van der Waals surface area contributed by atoms with Gasteiger partial charge in [0.25, 0.3) is 0 Å². The number of phosphoric ester groups is 1. The number of carbonyl (C=O) groups is 1. The summed E-state index contributed by atoms with van der Waals surface area (Å²) < 4.78 is 15.9. The van der Waals surface area contributed by atoms with Crippen molar-refractivity contribution in [2.75, 3.05) is 6.61 Å². The van der Waals surface area contributed by atoms with Gasteiger partial charge in [0.1, 0.15) is 0 Å². The molecule has 0 aromatic carbocycles. The zero-order chi connectivity index (χ0) is 38.2. The summed E-state index contributed by atoms with van der Waals surface area (Å²) in [7, 11) is -4.71. The minimum atomic E-state index is -4.71. The number of rotatable bonds is 42. The third-order valence-corrected chi connectivity index (χ3v) is 11.0. The molecule has 0 aliphatic heterocycles. The molecule has 0 radical (unpaired) electrons. The third-order valence-electron chi connectivity index (χ3n) is 10.5. The summed E-state index contributed by atoms with van der Waals surface area (Å²) in [5, 5.41) is 13.4. The highest BCUT2D eigenvalue weighted by Crippen LogP contribution is 2.35. The number of allylic oxidation sites excluding steroid dienone is 1. The summed E-state index contributed by atoms with van der Waals surface area (Å²) in [6.45, 7) is 4.09. The first kappa shape index (κ1) is 51.3. The van der Waals surface area contributed by atoms with E-state index in [1.165, 1.54) is 186 Å². The zero-order valence-corrected chi connectivity index (χ0v) is 35.4. The third kappa shape index (κ3) is 40.5. The summed E-state index contributed by atoms with van der Waals surface area (Å²) in [6, 6.07) is -0.905. The average Bonchev–Trinajstić information content (AvgIpc) is 3.11. The van der Waals surface area contributed by atoms with E-state index in [1.54, 1.807) is 6.08 Å². The van der Waals surface area contributed by atoms with Gasteiger partial charge in [0, 0.05) is 6.42 Å². The SMILES string of the molecule is CCCCCCCCCCCCCC/C=C/[C@@H](O)[C@H](COP(=O)(O)O)NC(=O)CCCCCCCCCCCCCCCCCCCCCCCC. The highest BCUT2D eigenvalue weighted by molar-refractivity contribution is 7.46. The Labute approximate surface area is 322 Å². The molecule has 0 aliphatic carbocycles. The first-order valence-corrected chi connectivity index (χ1v) is 24.2. The molecule has 4 N–H and O–H groups in total. The molecule has 0 aromatic rings. The van der Waals surface area contributed by atoms with Gasteiger partial charge in [-0.05, 0) is 19.3 Å². The number of nitrogens with one attached hydrogen (secondary N) is 1. The van der Waals surface area contributed by atoms with E-state index in [0.29, 0.717) is 6.42 Å². The van der Waals surface area contributed by atoms with Crippen LogP contribution in [0.1, 0.15) is 245 Å². The number of unbranched alkanes of at least 4 members (excludes halogenated alkanes) is 33. The molecule has 0 heterocycles. The van der Waals surface area contributed by atoms with Gasteiger partial charge in [0.2, 0.25) is 5.91 Å². The highest BCUT2D eigenvalue weighted by atomic mass is 31.2. The van der Waals surface area contributed by atoms with Gasteiger partial charge in [-0.25, -0.2) is 4.57 Å². The van der Waals surface area contributed by atoms with Crippen molar-refractivity contribution in [3.63, 3.8) is 0 Å². The Balaban J connectivity index is 3.85. The lowest BCUT2D eigenvalue weighted by atomic mass is 10.0. The fourth-order valence-electron chi connectivity index (χ4n) is 7.05. The number of aliphatic hydroxyl groups is 1. The first-order chi connectivity index (χ1) is 25.3. The number of amides is 1. The van der Waals surface area contributed by atoms with Crippen LogP contribution in [-0.2, 0) is 13.9 Å². The van der Waals surface area contributed by atoms with Gasteiger partial charge in [-0.2, -0.15) is 0 Å². The van der Waals surface area contributed by atoms with Crippen LogP contribution in [0.25, 0.3) is 0 Å². The lowest BCUT2D eigenvalue weighted by Gasteiger charge is -2.22. The van der Waals surface area contributed by atoms with Crippen LogP contribution in [-0.4, -0.2) is 39.6 Å². The van der Waals surface area contributed by atoms with E-state index >= 15 is 0 Å². The Hall–Kier alpha value is -0.720. The summed E-state index contributed by atoms with van der Waals surface area (Å²) in [6.07, 6.45) is 48.1. The molecule has 0 fully saturated rings. The van der Waals surface area contributed by atoms with E-state index in [-0.39, 0.29) is 5.91 Å². The fraction of sp³-hybridized carbons (Fsp3) is 0.932. The molecule has 2 atom stereocenters. The molecule has 0 saturated heterocycles. The molecular formula is C44H88NO6P. The molecule has 0 spiro atoms. The smallest absolute Gasteiger partial charge is 0.387 e. The van der Waals surface area contributed by atoms with Crippen molar-refractivity contribution in [2.45, 2.75) is 257 Å². The molecule has 52 heavy (non-hydrogen) atoms. The Morgan fingerprint density at radius 2 is 0.846 bits per heavy atom. The molecule has 0 saturated carbocycles. The van der Waals surface area contributed by atoms with Crippen LogP contribution in [0, 0.1) is 0 Å². The monoisotopic (exact) mass is 758 g/mol. The Morgan fingerprint density at radius 3 is 1.17 bits per heavy atom. The van der Waals surface area contributed by atoms with E-state index in [9.17, 15) is 14.5 Å². The molecule has 0 aromatic heterocycles. The van der Waals surface area contributed by atoms with Crippen molar-refractivity contribution in [1.82, 2.24) is 5.32 Å². The second kappa shape index (κ2) is 40.0. The molecule has 0 rings (SSSR count). The van der Waals surface area contributed by atoms with Crippen LogP contribution in [0.2, 0.25) is 0 Å². The maximum absolute atomic E-state index is 12.6. The van der Waals surface area contributed by atoms with E-state index in [2.05, 4.69) is 23.7 Å². The number of hydrogen-bond donors (Lipinski definition) is 4. The average molecular weight is 758 g/mol. The highest BCUT2D eigenvalue weighted by Gasteiger charge is 2.24. The van der Waals surface area contributed by atoms with Gasteiger partial charge in [-0.1, -0.05) is 231 Å². The molecule has 0 unspecified atom stereocenters. The summed E-state index contributed by atoms with van der Waals surface area (Å²) in [4.78, 5) is 30.9. The normalized spacial score (nSPS) is 13.2. The molecule has 0 bridgehead atoms. The van der Waals surface area contributed by atoms with Crippen LogP contribution in [0.3, 0.4) is 0 Å². The van der Waals surface area contributed by atoms with Gasteiger partial charge in [-0.15, -0.1) is 0 Å². The zero-order valence-electron chi connectivity index (χ0n) is 34.5. The molecule has 7 nitrogen and oxygen atoms in total. The predicted octanol–water partition coefficient (Wildman–Crippen LogP) is 13.6. The lowest BCUT2D eigenvalue weighted by molar-refractivity contribution is -0.123. The second-order valence-electron chi connectivity index (χ2n) is 15.7. The van der Waals surface area contributed by atoms with Crippen LogP contribution in [0.5, 0.6) is 0 Å². The summed E-state index contributed by atoms with van der Waals surface area (Å²) in [5.74, 6) is -0.221.